The maximum absolute atomic E-state index is 13.4. The molecule has 234 valence electrons. The molecule has 0 saturated carbocycles. The summed E-state index contributed by atoms with van der Waals surface area (Å²) in [5.41, 5.74) is 5.57. The molecule has 0 bridgehead atoms. The van der Waals surface area contributed by atoms with Crippen molar-refractivity contribution in [2.75, 3.05) is 20.3 Å². The van der Waals surface area contributed by atoms with E-state index in [0.29, 0.717) is 5.56 Å². The van der Waals surface area contributed by atoms with Crippen molar-refractivity contribution in [3.05, 3.63) is 65.2 Å². The van der Waals surface area contributed by atoms with E-state index in [9.17, 15) is 19.2 Å². The average Bonchev–Trinajstić information content (AvgIpc) is 2.92. The van der Waals surface area contributed by atoms with Crippen LogP contribution in [0.4, 0.5) is 4.79 Å². The lowest BCUT2D eigenvalue weighted by molar-refractivity contribution is -0.172. The van der Waals surface area contributed by atoms with Crippen LogP contribution in [-0.4, -0.2) is 73.4 Å². The molecule has 0 aromatic heterocycles. The molecule has 2 rings (SSSR count). The molecule has 2 atom stereocenters. The number of Topliss-reactive ketones (excluding diaryl/α,β-unsaturated/α-hetero) is 1. The van der Waals surface area contributed by atoms with E-state index >= 15 is 0 Å². The number of nitrogens with zero attached hydrogens (tertiary/aromatic N) is 1. The fourth-order valence-electron chi connectivity index (χ4n) is 3.42. The molecule has 0 radical (unpaired) electrons. The second-order valence-electron chi connectivity index (χ2n) is 11.3. The summed E-state index contributed by atoms with van der Waals surface area (Å²) in [6.07, 6.45) is -2.09. The van der Waals surface area contributed by atoms with Crippen molar-refractivity contribution in [3.8, 4) is 5.75 Å². The number of rotatable bonds is 12. The summed E-state index contributed by atoms with van der Waals surface area (Å²) in [6, 6.07) is 11.1. The molecule has 0 heterocycles. The first-order chi connectivity index (χ1) is 20.0. The lowest BCUT2D eigenvalue weighted by atomic mass is 10.0. The van der Waals surface area contributed by atoms with E-state index in [4.69, 9.17) is 29.4 Å². The fraction of sp³-hybridized carbons (Fsp3) is 0.452. The Morgan fingerprint density at radius 2 is 1.42 bits per heavy atom. The van der Waals surface area contributed by atoms with Crippen LogP contribution in [0.15, 0.2) is 53.5 Å². The number of ketones is 1. The zero-order chi connectivity index (χ0) is 32.4. The molecule has 0 aliphatic carbocycles. The zero-order valence-electron chi connectivity index (χ0n) is 25.9. The lowest BCUT2D eigenvalue weighted by Gasteiger charge is -2.25. The van der Waals surface area contributed by atoms with E-state index in [1.807, 2.05) is 20.8 Å². The van der Waals surface area contributed by atoms with Crippen molar-refractivity contribution < 1.29 is 42.9 Å². The smallest absolute Gasteiger partial charge is 0.436 e. The van der Waals surface area contributed by atoms with Crippen LogP contribution in [-0.2, 0) is 23.7 Å². The minimum atomic E-state index is -1.26. The first-order valence-electron chi connectivity index (χ1n) is 13.7. The Kier molecular flexibility index (Phi) is 12.4. The van der Waals surface area contributed by atoms with Gasteiger partial charge in [0.15, 0.2) is 5.78 Å². The van der Waals surface area contributed by atoms with Gasteiger partial charge in [0.2, 0.25) is 0 Å². The van der Waals surface area contributed by atoms with Gasteiger partial charge in [-0.3, -0.25) is 9.59 Å². The van der Waals surface area contributed by atoms with Crippen LogP contribution in [0, 0.1) is 0 Å². The minimum absolute atomic E-state index is 0.0701. The van der Waals surface area contributed by atoms with Gasteiger partial charge in [0, 0.05) is 23.8 Å². The van der Waals surface area contributed by atoms with Gasteiger partial charge in [-0.1, -0.05) is 12.1 Å². The third kappa shape index (κ3) is 11.8. The minimum Gasteiger partial charge on any atom is -0.461 e. The molecule has 43 heavy (non-hydrogen) atoms. The molecule has 2 aromatic rings. The molecular weight excluding hydrogens is 558 g/mol. The number of nitrogens with one attached hydrogen (secondary N) is 1. The Balaban J connectivity index is 2.19. The maximum atomic E-state index is 13.4. The molecule has 12 nitrogen and oxygen atoms in total. The van der Waals surface area contributed by atoms with Gasteiger partial charge in [-0.05, 0) is 84.9 Å². The summed E-state index contributed by atoms with van der Waals surface area (Å²) in [5, 5.41) is 2.73. The standard InChI is InChI=1S/C31H41N3O9/c1-9-40-27(37)28(39-8)42-22-16-14-19(15-17-22)24(35)23(18-41-30(2,3)4)33-26(36)21-12-10-20(11-13-21)25(32)34-29(38)43-31(5,6)7/h10-17,23,28H,9,18H2,1-8H3,(H,33,36)(H2,32,34,38). The predicted molar refractivity (Wildman–Crippen MR) is 159 cm³/mol. The normalized spacial score (nSPS) is 13.4. The number of amides is 2. The number of nitrogens with two attached hydrogens (primary N) is 1. The third-order valence-corrected chi connectivity index (χ3v) is 5.43. The molecule has 2 unspecified atom stereocenters. The van der Waals surface area contributed by atoms with E-state index in [1.165, 1.54) is 55.6 Å². The summed E-state index contributed by atoms with van der Waals surface area (Å²) < 4.78 is 26.4. The van der Waals surface area contributed by atoms with Crippen LogP contribution in [0.5, 0.6) is 5.75 Å². The highest BCUT2D eigenvalue weighted by molar-refractivity contribution is 6.06. The Morgan fingerprint density at radius 1 is 0.860 bits per heavy atom. The Labute approximate surface area is 251 Å². The second-order valence-corrected chi connectivity index (χ2v) is 11.3. The molecule has 3 N–H and O–H groups in total. The highest BCUT2D eigenvalue weighted by Gasteiger charge is 2.26. The molecule has 12 heteroatoms. The first-order valence-corrected chi connectivity index (χ1v) is 13.7. The van der Waals surface area contributed by atoms with Crippen LogP contribution in [0.1, 0.15) is 74.7 Å². The summed E-state index contributed by atoms with van der Waals surface area (Å²) in [5.74, 6) is -1.40. The monoisotopic (exact) mass is 599 g/mol. The molecule has 0 saturated heterocycles. The highest BCUT2D eigenvalue weighted by Crippen LogP contribution is 2.18. The fourth-order valence-corrected chi connectivity index (χ4v) is 3.42. The van der Waals surface area contributed by atoms with Crippen LogP contribution in [0.2, 0.25) is 0 Å². The van der Waals surface area contributed by atoms with Crippen molar-refractivity contribution in [1.82, 2.24) is 5.32 Å². The Bertz CT molecular complexity index is 1290. The number of hydrogen-bond donors (Lipinski definition) is 2. The molecular formula is C31H41N3O9. The van der Waals surface area contributed by atoms with Gasteiger partial charge >= 0.3 is 12.1 Å². The van der Waals surface area contributed by atoms with Gasteiger partial charge in [-0.2, -0.15) is 4.99 Å². The van der Waals surface area contributed by atoms with Gasteiger partial charge in [0.05, 0.1) is 18.8 Å². The van der Waals surface area contributed by atoms with Crippen molar-refractivity contribution in [3.63, 3.8) is 0 Å². The van der Waals surface area contributed by atoms with Gasteiger partial charge in [-0.25, -0.2) is 9.59 Å². The van der Waals surface area contributed by atoms with E-state index in [1.54, 1.807) is 27.7 Å². The van der Waals surface area contributed by atoms with E-state index < -0.39 is 47.3 Å². The Morgan fingerprint density at radius 3 is 1.93 bits per heavy atom. The number of hydrogen-bond acceptors (Lipinski definition) is 9. The van der Waals surface area contributed by atoms with Crippen molar-refractivity contribution >= 4 is 29.6 Å². The van der Waals surface area contributed by atoms with Gasteiger partial charge < -0.3 is 34.7 Å². The molecule has 2 amide bonds. The van der Waals surface area contributed by atoms with E-state index in [2.05, 4.69) is 10.3 Å². The van der Waals surface area contributed by atoms with Crippen LogP contribution >= 0.6 is 0 Å². The van der Waals surface area contributed by atoms with Crippen molar-refractivity contribution in [1.29, 1.82) is 0 Å². The van der Waals surface area contributed by atoms with E-state index in [-0.39, 0.29) is 35.9 Å². The molecule has 0 fully saturated rings. The number of esters is 1. The van der Waals surface area contributed by atoms with Gasteiger partial charge in [0.1, 0.15) is 23.2 Å². The number of ether oxygens (including phenoxy) is 5. The number of benzene rings is 2. The van der Waals surface area contributed by atoms with Crippen molar-refractivity contribution in [2.24, 2.45) is 10.7 Å². The number of amidine groups is 1. The van der Waals surface area contributed by atoms with Crippen LogP contribution in [0.25, 0.3) is 0 Å². The maximum Gasteiger partial charge on any atom is 0.436 e. The predicted octanol–water partition coefficient (Wildman–Crippen LogP) is 4.04. The highest BCUT2D eigenvalue weighted by atomic mass is 16.7. The van der Waals surface area contributed by atoms with Gasteiger partial charge in [0.25, 0.3) is 12.2 Å². The number of carbonyl (C=O) groups is 4. The summed E-state index contributed by atoms with van der Waals surface area (Å²) >= 11 is 0. The summed E-state index contributed by atoms with van der Waals surface area (Å²) in [7, 11) is 1.31. The van der Waals surface area contributed by atoms with Crippen molar-refractivity contribution in [2.45, 2.75) is 72.0 Å². The number of methoxy groups -OCH3 is 1. The van der Waals surface area contributed by atoms with Gasteiger partial charge in [-0.15, -0.1) is 0 Å². The van der Waals surface area contributed by atoms with Crippen LogP contribution in [0.3, 0.4) is 0 Å². The zero-order valence-corrected chi connectivity index (χ0v) is 25.9. The number of carbonyl (C=O) groups excluding carboxylic acids is 4. The summed E-state index contributed by atoms with van der Waals surface area (Å²) in [6.45, 7) is 12.4. The second kappa shape index (κ2) is 15.3. The quantitative estimate of drug-likeness (QED) is 0.120. The molecule has 0 aliphatic heterocycles. The summed E-state index contributed by atoms with van der Waals surface area (Å²) in [4.78, 5) is 54.2. The average molecular weight is 600 g/mol. The topological polar surface area (TPSA) is 165 Å². The third-order valence-electron chi connectivity index (χ3n) is 5.43. The largest absolute Gasteiger partial charge is 0.461 e. The number of aliphatic imine (C=N–C) groups is 1. The Hall–Kier alpha value is -4.29. The first kappa shape index (κ1) is 34.9. The lowest BCUT2D eigenvalue weighted by Crippen LogP contribution is -2.45. The van der Waals surface area contributed by atoms with Crippen LogP contribution < -0.4 is 15.8 Å². The molecule has 2 aromatic carbocycles. The molecule has 0 aliphatic rings. The SMILES string of the molecule is CCOC(=O)C(OC)Oc1ccc(C(=O)C(COC(C)(C)C)NC(=O)c2ccc(/C(N)=N\C(=O)OC(C)(C)C)cc2)cc1. The molecule has 0 spiro atoms. The van der Waals surface area contributed by atoms with E-state index in [0.717, 1.165) is 0 Å².